The molecule has 0 saturated heterocycles. The van der Waals surface area contributed by atoms with E-state index in [2.05, 4.69) is 38.2 Å². The highest BCUT2D eigenvalue weighted by Crippen LogP contribution is 2.29. The number of ether oxygens (including phenoxy) is 1. The summed E-state index contributed by atoms with van der Waals surface area (Å²) in [5.74, 6) is 0.801. The van der Waals surface area contributed by atoms with E-state index in [1.54, 1.807) is 37.5 Å². The number of allylic oxidation sites excluding steroid dienone is 1. The molecule has 0 unspecified atom stereocenters. The number of rotatable bonds is 3. The number of fused-ring (bicyclic) bond motifs is 1. The number of pyridine rings is 1. The Morgan fingerprint density at radius 2 is 2.00 bits per heavy atom. The molecule has 24 heavy (non-hydrogen) atoms. The third kappa shape index (κ3) is 2.88. The van der Waals surface area contributed by atoms with Crippen LogP contribution < -0.4 is 4.74 Å². The molecule has 0 amide bonds. The Balaban J connectivity index is 1.82. The third-order valence-corrected chi connectivity index (χ3v) is 4.56. The Labute approximate surface area is 143 Å². The molecule has 0 N–H and O–H groups in total. The lowest BCUT2D eigenvalue weighted by molar-refractivity contribution is 0.380. The fraction of sp³-hybridized carbons (Fsp3) is 0.111. The molecule has 4 rings (SSSR count). The highest BCUT2D eigenvalue weighted by molar-refractivity contribution is 8.04. The molecule has 0 radical (unpaired) electrons. The summed E-state index contributed by atoms with van der Waals surface area (Å²) in [6, 6.07) is 8.59. The van der Waals surface area contributed by atoms with Crippen molar-refractivity contribution in [1.82, 2.24) is 15.0 Å². The van der Waals surface area contributed by atoms with Gasteiger partial charge in [0.05, 0.1) is 18.5 Å². The second-order valence-electron chi connectivity index (χ2n) is 5.23. The van der Waals surface area contributed by atoms with Gasteiger partial charge in [-0.1, -0.05) is 6.07 Å². The minimum absolute atomic E-state index is 0.361. The van der Waals surface area contributed by atoms with Crippen LogP contribution in [0.4, 0.5) is 0 Å². The average Bonchev–Trinajstić information content (AvgIpc) is 3.14. The van der Waals surface area contributed by atoms with Crippen molar-refractivity contribution < 1.29 is 4.74 Å². The predicted molar refractivity (Wildman–Crippen MR) is 98.2 cm³/mol. The summed E-state index contributed by atoms with van der Waals surface area (Å²) in [7, 11) is 1.56. The monoisotopic (exact) mass is 334 g/mol. The molecule has 1 aliphatic heterocycles. The van der Waals surface area contributed by atoms with Gasteiger partial charge in [-0.15, -0.1) is 11.8 Å². The quantitative estimate of drug-likeness (QED) is 0.729. The minimum atomic E-state index is 0.361. The second-order valence-corrected chi connectivity index (χ2v) is 6.24. The fourth-order valence-corrected chi connectivity index (χ4v) is 3.25. The molecule has 0 spiro atoms. The number of benzene rings is 1. The van der Waals surface area contributed by atoms with E-state index in [4.69, 9.17) is 4.74 Å². The van der Waals surface area contributed by atoms with E-state index < -0.39 is 0 Å². The summed E-state index contributed by atoms with van der Waals surface area (Å²) >= 11 is 1.74. The molecule has 2 aromatic heterocycles. The third-order valence-electron chi connectivity index (χ3n) is 3.72. The van der Waals surface area contributed by atoms with Crippen molar-refractivity contribution in [2.75, 3.05) is 13.0 Å². The molecular weight excluding hydrogens is 320 g/mol. The van der Waals surface area contributed by atoms with Crippen molar-refractivity contribution >= 4 is 35.0 Å². The van der Waals surface area contributed by atoms with Gasteiger partial charge in [-0.3, -0.25) is 9.98 Å². The standard InChI is InChI=1S/C18H14N4OS/c1-23-18-21-8-13(9-22-18)15-4-5-20-17-3-2-12(7-16(15)17)6-14-10-19-11-24-14/h2-10H,11H2,1H3. The zero-order valence-electron chi connectivity index (χ0n) is 13.0. The van der Waals surface area contributed by atoms with Crippen LogP contribution in [0.3, 0.4) is 0 Å². The molecule has 5 nitrogen and oxygen atoms in total. The highest BCUT2D eigenvalue weighted by Gasteiger charge is 2.08. The lowest BCUT2D eigenvalue weighted by atomic mass is 10.0. The number of hydrogen-bond acceptors (Lipinski definition) is 6. The van der Waals surface area contributed by atoms with Gasteiger partial charge < -0.3 is 4.74 Å². The van der Waals surface area contributed by atoms with Gasteiger partial charge >= 0.3 is 6.01 Å². The summed E-state index contributed by atoms with van der Waals surface area (Å²) in [5, 5.41) is 1.07. The van der Waals surface area contributed by atoms with Crippen LogP contribution in [-0.4, -0.2) is 34.2 Å². The van der Waals surface area contributed by atoms with Gasteiger partial charge in [-0.25, -0.2) is 9.97 Å². The number of methoxy groups -OCH3 is 1. The molecule has 1 aromatic carbocycles. The van der Waals surface area contributed by atoms with Crippen LogP contribution in [0.2, 0.25) is 0 Å². The molecule has 0 saturated carbocycles. The van der Waals surface area contributed by atoms with E-state index in [9.17, 15) is 0 Å². The van der Waals surface area contributed by atoms with Gasteiger partial charge in [-0.05, 0) is 35.4 Å². The summed E-state index contributed by atoms with van der Waals surface area (Å²) in [4.78, 5) is 18.3. The topological polar surface area (TPSA) is 60.3 Å². The molecule has 1 aliphatic rings. The first kappa shape index (κ1) is 14.8. The number of aliphatic imine (C=N–C) groups is 1. The maximum atomic E-state index is 5.03. The van der Waals surface area contributed by atoms with Crippen LogP contribution in [0.5, 0.6) is 6.01 Å². The van der Waals surface area contributed by atoms with Gasteiger partial charge in [0, 0.05) is 40.7 Å². The SMILES string of the molecule is COc1ncc(-c2ccnc3ccc(C=C4C=NCS4)cc23)cn1. The van der Waals surface area contributed by atoms with Gasteiger partial charge in [0.25, 0.3) is 0 Å². The minimum Gasteiger partial charge on any atom is -0.467 e. The zero-order chi connectivity index (χ0) is 16.4. The van der Waals surface area contributed by atoms with Crippen molar-refractivity contribution in [2.45, 2.75) is 0 Å². The summed E-state index contributed by atoms with van der Waals surface area (Å²) < 4.78 is 5.03. The van der Waals surface area contributed by atoms with Crippen LogP contribution >= 0.6 is 11.8 Å². The molecule has 3 aromatic rings. The first-order valence-electron chi connectivity index (χ1n) is 7.43. The van der Waals surface area contributed by atoms with Gasteiger partial charge in [0.15, 0.2) is 0 Å². The van der Waals surface area contributed by atoms with Crippen LogP contribution in [0.15, 0.2) is 52.8 Å². The first-order chi connectivity index (χ1) is 11.8. The van der Waals surface area contributed by atoms with E-state index in [-0.39, 0.29) is 0 Å². The Morgan fingerprint density at radius 3 is 2.75 bits per heavy atom. The van der Waals surface area contributed by atoms with Gasteiger partial charge in [0.2, 0.25) is 0 Å². The first-order valence-corrected chi connectivity index (χ1v) is 8.41. The van der Waals surface area contributed by atoms with Crippen molar-refractivity contribution in [3.8, 4) is 17.1 Å². The Morgan fingerprint density at radius 1 is 1.12 bits per heavy atom. The van der Waals surface area contributed by atoms with E-state index in [1.165, 1.54) is 4.91 Å². The Bertz CT molecular complexity index is 951. The normalized spacial score (nSPS) is 15.3. The Kier molecular flexibility index (Phi) is 3.96. The Hall–Kier alpha value is -2.73. The number of thioether (sulfide) groups is 1. The van der Waals surface area contributed by atoms with Crippen molar-refractivity contribution in [3.63, 3.8) is 0 Å². The van der Waals surface area contributed by atoms with Gasteiger partial charge in [-0.2, -0.15) is 0 Å². The van der Waals surface area contributed by atoms with Crippen LogP contribution in [0.25, 0.3) is 28.1 Å². The van der Waals surface area contributed by atoms with Gasteiger partial charge in [0.1, 0.15) is 0 Å². The molecule has 118 valence electrons. The van der Waals surface area contributed by atoms with E-state index in [0.717, 1.165) is 33.5 Å². The van der Waals surface area contributed by atoms with E-state index in [1.807, 2.05) is 18.3 Å². The van der Waals surface area contributed by atoms with Crippen molar-refractivity contribution in [2.24, 2.45) is 4.99 Å². The maximum absolute atomic E-state index is 5.03. The van der Waals surface area contributed by atoms with Crippen molar-refractivity contribution in [1.29, 1.82) is 0 Å². The molecule has 3 heterocycles. The molecule has 0 fully saturated rings. The lowest BCUT2D eigenvalue weighted by Crippen LogP contribution is -1.92. The van der Waals surface area contributed by atoms with Crippen LogP contribution in [0, 0.1) is 0 Å². The smallest absolute Gasteiger partial charge is 0.316 e. The van der Waals surface area contributed by atoms with E-state index >= 15 is 0 Å². The molecule has 0 bridgehead atoms. The molecule has 0 atom stereocenters. The number of hydrogen-bond donors (Lipinski definition) is 0. The molecule has 0 aliphatic carbocycles. The number of aromatic nitrogens is 3. The second kappa shape index (κ2) is 6.41. The largest absolute Gasteiger partial charge is 0.467 e. The summed E-state index contributed by atoms with van der Waals surface area (Å²) in [6.07, 6.45) is 9.40. The van der Waals surface area contributed by atoms with Crippen LogP contribution in [-0.2, 0) is 0 Å². The molecule has 6 heteroatoms. The summed E-state index contributed by atoms with van der Waals surface area (Å²) in [5.41, 5.74) is 4.06. The highest BCUT2D eigenvalue weighted by atomic mass is 32.2. The van der Waals surface area contributed by atoms with E-state index in [0.29, 0.717) is 6.01 Å². The number of nitrogens with zero attached hydrogens (tertiary/aromatic N) is 4. The summed E-state index contributed by atoms with van der Waals surface area (Å²) in [6.45, 7) is 0. The maximum Gasteiger partial charge on any atom is 0.316 e. The predicted octanol–water partition coefficient (Wildman–Crippen LogP) is 3.82. The molecular formula is C18H14N4OS. The average molecular weight is 334 g/mol. The van der Waals surface area contributed by atoms with Crippen LogP contribution in [0.1, 0.15) is 5.56 Å². The lowest BCUT2D eigenvalue weighted by Gasteiger charge is -2.07. The fourth-order valence-electron chi connectivity index (χ4n) is 2.59. The zero-order valence-corrected chi connectivity index (χ0v) is 13.8. The van der Waals surface area contributed by atoms with Crippen molar-refractivity contribution in [3.05, 3.63) is 53.3 Å².